The number of benzene rings is 1. The third-order valence-electron chi connectivity index (χ3n) is 7.14. The number of ether oxygens (including phenoxy) is 1. The fourth-order valence-corrected chi connectivity index (χ4v) is 5.46. The van der Waals surface area contributed by atoms with E-state index in [9.17, 15) is 4.79 Å². The molecule has 5 rings (SSSR count). The SMILES string of the molecule is COc1ccc(-c2cccn3c(C(C)(C)NC(=O)C4C5CC4CN(C(=N)N)C5)ncc23)cc1. The minimum Gasteiger partial charge on any atom is -0.497 e. The molecule has 1 aliphatic heterocycles. The van der Waals surface area contributed by atoms with Gasteiger partial charge in [0.1, 0.15) is 11.6 Å². The van der Waals surface area contributed by atoms with E-state index in [4.69, 9.17) is 20.9 Å². The van der Waals surface area contributed by atoms with E-state index in [2.05, 4.69) is 15.8 Å². The van der Waals surface area contributed by atoms with Crippen molar-refractivity contribution in [2.45, 2.75) is 25.8 Å². The number of methoxy groups -OCH3 is 1. The van der Waals surface area contributed by atoms with Crippen molar-refractivity contribution in [1.82, 2.24) is 19.6 Å². The maximum Gasteiger partial charge on any atom is 0.224 e. The Bertz CT molecular complexity index is 1200. The number of aromatic nitrogens is 2. The zero-order valence-corrected chi connectivity index (χ0v) is 19.2. The molecule has 2 aromatic heterocycles. The lowest BCUT2D eigenvalue weighted by Crippen LogP contribution is -2.62. The number of hydrogen-bond acceptors (Lipinski definition) is 4. The van der Waals surface area contributed by atoms with Crippen molar-refractivity contribution in [3.8, 4) is 16.9 Å². The molecule has 8 nitrogen and oxygen atoms in total. The monoisotopic (exact) mass is 446 g/mol. The van der Waals surface area contributed by atoms with E-state index in [1.165, 1.54) is 0 Å². The van der Waals surface area contributed by atoms with Gasteiger partial charge in [-0.05, 0) is 55.9 Å². The van der Waals surface area contributed by atoms with E-state index >= 15 is 0 Å². The summed E-state index contributed by atoms with van der Waals surface area (Å²) in [7, 11) is 1.66. The van der Waals surface area contributed by atoms with Crippen LogP contribution >= 0.6 is 0 Å². The Morgan fingerprint density at radius 2 is 1.91 bits per heavy atom. The normalized spacial score (nSPS) is 22.0. The molecule has 3 heterocycles. The van der Waals surface area contributed by atoms with Crippen LogP contribution in [0.5, 0.6) is 5.75 Å². The molecule has 172 valence electrons. The predicted octanol–water partition coefficient (Wildman–Crippen LogP) is 2.82. The predicted molar refractivity (Wildman–Crippen MR) is 127 cm³/mol. The number of carbonyl (C=O) groups is 1. The van der Waals surface area contributed by atoms with Crippen LogP contribution < -0.4 is 15.8 Å². The fourth-order valence-electron chi connectivity index (χ4n) is 5.46. The molecule has 1 saturated heterocycles. The summed E-state index contributed by atoms with van der Waals surface area (Å²) in [5.41, 5.74) is 8.13. The van der Waals surface area contributed by atoms with Gasteiger partial charge in [0.2, 0.25) is 5.91 Å². The smallest absolute Gasteiger partial charge is 0.224 e. The Labute approximate surface area is 193 Å². The van der Waals surface area contributed by atoms with Crippen LogP contribution in [0.25, 0.3) is 16.6 Å². The van der Waals surface area contributed by atoms with Crippen LogP contribution in [0.15, 0.2) is 48.8 Å². The molecule has 3 aromatic rings. The fraction of sp³-hybridized carbons (Fsp3) is 0.400. The number of amides is 1. The van der Waals surface area contributed by atoms with Crippen LogP contribution in [0.1, 0.15) is 26.1 Å². The summed E-state index contributed by atoms with van der Waals surface area (Å²) in [6.45, 7) is 5.36. The van der Waals surface area contributed by atoms with Crippen LogP contribution in [0, 0.1) is 23.2 Å². The minimum atomic E-state index is -0.647. The van der Waals surface area contributed by atoms with Crippen LogP contribution in [0.2, 0.25) is 0 Å². The highest BCUT2D eigenvalue weighted by molar-refractivity contribution is 5.83. The number of likely N-dealkylation sites (tertiary alicyclic amines) is 1. The Balaban J connectivity index is 1.38. The van der Waals surface area contributed by atoms with Crippen LogP contribution in [-0.2, 0) is 10.3 Å². The maximum atomic E-state index is 13.2. The van der Waals surface area contributed by atoms with Gasteiger partial charge in [-0.1, -0.05) is 18.2 Å². The number of hydrogen-bond donors (Lipinski definition) is 3. The highest BCUT2D eigenvalue weighted by Crippen LogP contribution is 2.46. The second-order valence-electron chi connectivity index (χ2n) is 9.67. The number of fused-ring (bicyclic) bond motifs is 3. The summed E-state index contributed by atoms with van der Waals surface area (Å²) in [5, 5.41) is 10.9. The van der Waals surface area contributed by atoms with Crippen LogP contribution in [-0.4, -0.2) is 46.4 Å². The zero-order valence-electron chi connectivity index (χ0n) is 19.2. The number of nitrogens with two attached hydrogens (primary N) is 1. The molecular weight excluding hydrogens is 416 g/mol. The van der Waals surface area contributed by atoms with E-state index in [-0.39, 0.29) is 29.6 Å². The quantitative estimate of drug-likeness (QED) is 0.413. The molecule has 2 fully saturated rings. The Morgan fingerprint density at radius 3 is 2.55 bits per heavy atom. The average Bonchev–Trinajstić information content (AvgIpc) is 3.24. The van der Waals surface area contributed by atoms with Gasteiger partial charge in [-0.25, -0.2) is 4.98 Å². The van der Waals surface area contributed by atoms with E-state index in [0.717, 1.165) is 34.6 Å². The molecule has 1 aromatic carbocycles. The van der Waals surface area contributed by atoms with Crippen molar-refractivity contribution >= 4 is 17.4 Å². The van der Waals surface area contributed by atoms with Gasteiger partial charge >= 0.3 is 0 Å². The van der Waals surface area contributed by atoms with E-state index in [1.807, 2.05) is 61.5 Å². The Kier molecular flexibility index (Phi) is 5.03. The lowest BCUT2D eigenvalue weighted by molar-refractivity contribution is -0.141. The Morgan fingerprint density at radius 1 is 1.21 bits per heavy atom. The minimum absolute atomic E-state index is 0.0269. The first kappa shape index (κ1) is 21.3. The first-order valence-electron chi connectivity index (χ1n) is 11.3. The highest BCUT2D eigenvalue weighted by Gasteiger charge is 2.51. The van der Waals surface area contributed by atoms with E-state index in [1.54, 1.807) is 7.11 Å². The molecule has 2 aliphatic rings. The van der Waals surface area contributed by atoms with E-state index < -0.39 is 5.54 Å². The number of pyridine rings is 1. The highest BCUT2D eigenvalue weighted by atomic mass is 16.5. The molecule has 2 atom stereocenters. The lowest BCUT2D eigenvalue weighted by atomic mass is 9.61. The van der Waals surface area contributed by atoms with Gasteiger partial charge in [0, 0.05) is 30.8 Å². The number of rotatable bonds is 5. The summed E-state index contributed by atoms with van der Waals surface area (Å²) in [6, 6.07) is 12.0. The maximum absolute atomic E-state index is 13.2. The molecular formula is C25H30N6O2. The van der Waals surface area contributed by atoms with Crippen molar-refractivity contribution in [1.29, 1.82) is 5.41 Å². The first-order chi connectivity index (χ1) is 15.8. The molecule has 33 heavy (non-hydrogen) atoms. The van der Waals surface area contributed by atoms with Crippen molar-refractivity contribution < 1.29 is 9.53 Å². The third kappa shape index (κ3) is 3.59. The molecule has 2 bridgehead atoms. The standard InChI is InChI=1S/C25H30N6O2/c1-25(2,29-22(32)21-16-11-17(21)14-30(13-16)24(26)27)23-28-12-20-19(5-4-10-31(20)23)15-6-8-18(33-3)9-7-15/h4-10,12,16-17,21H,11,13-14H2,1-3H3,(H3,26,27)(H,29,32). The van der Waals surface area contributed by atoms with Crippen molar-refractivity contribution in [3.63, 3.8) is 0 Å². The third-order valence-corrected chi connectivity index (χ3v) is 7.14. The van der Waals surface area contributed by atoms with Gasteiger partial charge in [-0.3, -0.25) is 10.2 Å². The number of nitrogens with one attached hydrogen (secondary N) is 2. The molecule has 1 saturated carbocycles. The molecule has 4 N–H and O–H groups in total. The lowest BCUT2D eigenvalue weighted by Gasteiger charge is -2.53. The van der Waals surface area contributed by atoms with Gasteiger partial charge in [0.25, 0.3) is 0 Å². The molecule has 0 radical (unpaired) electrons. The van der Waals surface area contributed by atoms with Crippen molar-refractivity contribution in [2.75, 3.05) is 20.2 Å². The van der Waals surface area contributed by atoms with Gasteiger partial charge in [-0.2, -0.15) is 0 Å². The Hall–Kier alpha value is -3.55. The summed E-state index contributed by atoms with van der Waals surface area (Å²) < 4.78 is 7.33. The summed E-state index contributed by atoms with van der Waals surface area (Å²) >= 11 is 0. The zero-order chi connectivity index (χ0) is 23.3. The second-order valence-corrected chi connectivity index (χ2v) is 9.67. The van der Waals surface area contributed by atoms with Gasteiger partial charge < -0.3 is 25.1 Å². The number of guanidine groups is 1. The van der Waals surface area contributed by atoms with Gasteiger partial charge in [0.15, 0.2) is 5.96 Å². The number of nitrogens with zero attached hydrogens (tertiary/aromatic N) is 3. The first-order valence-corrected chi connectivity index (χ1v) is 11.3. The number of piperidine rings is 2. The number of carbonyl (C=O) groups excluding carboxylic acids is 1. The number of imidazole rings is 1. The summed E-state index contributed by atoms with van der Waals surface area (Å²) in [5.74, 6) is 2.24. The van der Waals surface area contributed by atoms with Crippen LogP contribution in [0.3, 0.4) is 0 Å². The van der Waals surface area contributed by atoms with Gasteiger partial charge in [0.05, 0.1) is 24.4 Å². The van der Waals surface area contributed by atoms with Crippen molar-refractivity contribution in [2.24, 2.45) is 23.5 Å². The van der Waals surface area contributed by atoms with Crippen molar-refractivity contribution in [3.05, 3.63) is 54.6 Å². The topological polar surface area (TPSA) is 109 Å². The molecule has 1 amide bonds. The second kappa shape index (κ2) is 7.79. The molecule has 2 unspecified atom stereocenters. The van der Waals surface area contributed by atoms with Crippen LogP contribution in [0.4, 0.5) is 0 Å². The average molecular weight is 447 g/mol. The molecule has 0 spiro atoms. The molecule has 1 aliphatic carbocycles. The van der Waals surface area contributed by atoms with E-state index in [0.29, 0.717) is 13.1 Å². The molecule has 8 heteroatoms. The van der Waals surface area contributed by atoms with Gasteiger partial charge in [-0.15, -0.1) is 0 Å². The summed E-state index contributed by atoms with van der Waals surface area (Å²) in [4.78, 5) is 19.8. The largest absolute Gasteiger partial charge is 0.497 e. The summed E-state index contributed by atoms with van der Waals surface area (Å²) in [6.07, 6.45) is 4.88.